The minimum absolute atomic E-state index is 0.000473. The minimum atomic E-state index is -0.383. The third-order valence-corrected chi connectivity index (χ3v) is 8.61. The second-order valence-electron chi connectivity index (χ2n) is 11.0. The lowest BCUT2D eigenvalue weighted by atomic mass is 9.89. The summed E-state index contributed by atoms with van der Waals surface area (Å²) in [5.74, 6) is 0.104. The number of alkyl carbamates (subject to hydrolysis) is 1. The number of halogens is 2. The van der Waals surface area contributed by atoms with Gasteiger partial charge >= 0.3 is 6.09 Å². The molecule has 1 saturated carbocycles. The van der Waals surface area contributed by atoms with E-state index in [-0.39, 0.29) is 41.1 Å². The normalized spacial score (nSPS) is 31.0. The van der Waals surface area contributed by atoms with Crippen molar-refractivity contribution in [2.75, 3.05) is 31.7 Å². The Morgan fingerprint density at radius 3 is 2.87 bits per heavy atom. The van der Waals surface area contributed by atoms with Gasteiger partial charge < -0.3 is 20.1 Å². The van der Waals surface area contributed by atoms with Gasteiger partial charge in [0.05, 0.1) is 24.9 Å². The fourth-order valence-corrected chi connectivity index (χ4v) is 5.96. The van der Waals surface area contributed by atoms with E-state index in [0.717, 1.165) is 62.8 Å². The van der Waals surface area contributed by atoms with E-state index in [1.807, 2.05) is 12.2 Å². The second kappa shape index (κ2) is 12.2. The maximum Gasteiger partial charge on any atom is 0.407 e. The number of aromatic nitrogens is 1. The van der Waals surface area contributed by atoms with Gasteiger partial charge in [0.1, 0.15) is 0 Å². The van der Waals surface area contributed by atoms with Crippen molar-refractivity contribution in [1.82, 2.24) is 10.3 Å². The molecule has 1 aromatic rings. The van der Waals surface area contributed by atoms with Crippen LogP contribution >= 0.6 is 11.6 Å². The first kappa shape index (κ1) is 27.8. The fourth-order valence-electron chi connectivity index (χ4n) is 5.70. The Hall–Kier alpha value is -2.71. The van der Waals surface area contributed by atoms with Crippen LogP contribution in [-0.2, 0) is 9.47 Å². The molecule has 1 amide bonds. The van der Waals surface area contributed by atoms with Crippen LogP contribution in [0.2, 0.25) is 0 Å². The molecule has 2 unspecified atom stereocenters. The molecule has 2 atom stereocenters. The van der Waals surface area contributed by atoms with E-state index >= 15 is 0 Å². The number of hydrogen-bond donors (Lipinski definition) is 2. The number of ether oxygens (including phenoxy) is 2. The van der Waals surface area contributed by atoms with Crippen molar-refractivity contribution >= 4 is 34.8 Å². The van der Waals surface area contributed by atoms with E-state index < -0.39 is 0 Å². The van der Waals surface area contributed by atoms with E-state index in [9.17, 15) is 9.18 Å². The largest absolute Gasteiger partial charge is 0.450 e. The lowest BCUT2D eigenvalue weighted by Gasteiger charge is -2.28. The Morgan fingerprint density at radius 2 is 2.10 bits per heavy atom. The highest BCUT2D eigenvalue weighted by Crippen LogP contribution is 2.49. The molecule has 0 spiro atoms. The summed E-state index contributed by atoms with van der Waals surface area (Å²) >= 11 is 6.77. The molecule has 0 bridgehead atoms. The molecule has 39 heavy (non-hydrogen) atoms. The van der Waals surface area contributed by atoms with Crippen molar-refractivity contribution in [3.8, 4) is 0 Å². The van der Waals surface area contributed by atoms with Crippen LogP contribution in [0.25, 0.3) is 5.57 Å². The van der Waals surface area contributed by atoms with Gasteiger partial charge in [-0.3, -0.25) is 4.99 Å². The summed E-state index contributed by atoms with van der Waals surface area (Å²) in [5, 5.41) is 6.80. The summed E-state index contributed by atoms with van der Waals surface area (Å²) in [6, 6.07) is 3.44. The van der Waals surface area contributed by atoms with Crippen LogP contribution in [0, 0.1) is 17.2 Å². The SMILES string of the molecule is CCOC(=O)NC1CCC(N=C2/C=C(/c3ccc(F)c(NCC45C=C4COCC5)n3)C(Cl)=CCCC2C)CC1. The summed E-state index contributed by atoms with van der Waals surface area (Å²) in [5.41, 5.74) is 3.66. The highest BCUT2D eigenvalue weighted by Gasteiger charge is 2.45. The number of pyridine rings is 1. The Kier molecular flexibility index (Phi) is 8.72. The van der Waals surface area contributed by atoms with Crippen molar-refractivity contribution < 1.29 is 18.7 Å². The predicted octanol–water partition coefficient (Wildman–Crippen LogP) is 6.41. The molecular weight excluding hydrogens is 519 g/mol. The fraction of sp³-hybridized carbons (Fsp3) is 0.567. The summed E-state index contributed by atoms with van der Waals surface area (Å²) in [4.78, 5) is 21.6. The van der Waals surface area contributed by atoms with E-state index in [2.05, 4.69) is 28.6 Å². The third kappa shape index (κ3) is 6.72. The van der Waals surface area contributed by atoms with E-state index in [1.54, 1.807) is 13.0 Å². The molecule has 0 radical (unpaired) electrons. The lowest BCUT2D eigenvalue weighted by molar-refractivity contribution is 0.111. The van der Waals surface area contributed by atoms with Gasteiger partial charge in [-0.05, 0) is 81.6 Å². The monoisotopic (exact) mass is 556 g/mol. The van der Waals surface area contributed by atoms with E-state index in [4.69, 9.17) is 26.1 Å². The number of rotatable bonds is 7. The van der Waals surface area contributed by atoms with E-state index in [0.29, 0.717) is 30.5 Å². The molecule has 2 N–H and O–H groups in total. The number of nitrogens with zero attached hydrogens (tertiary/aromatic N) is 2. The highest BCUT2D eigenvalue weighted by atomic mass is 35.5. The van der Waals surface area contributed by atoms with Gasteiger partial charge in [-0.2, -0.15) is 0 Å². The van der Waals surface area contributed by atoms with Crippen molar-refractivity contribution in [1.29, 1.82) is 0 Å². The van der Waals surface area contributed by atoms with Gasteiger partial charge in [0.25, 0.3) is 0 Å². The molecule has 3 aliphatic carbocycles. The molecule has 7 nitrogen and oxygen atoms in total. The van der Waals surface area contributed by atoms with Gasteiger partial charge in [-0.15, -0.1) is 0 Å². The first-order valence-corrected chi connectivity index (χ1v) is 14.5. The first-order chi connectivity index (χ1) is 18.9. The number of carbonyl (C=O) groups excluding carboxylic acids is 1. The molecular formula is C30H38ClFN4O3. The molecule has 5 rings (SSSR count). The van der Waals surface area contributed by atoms with Gasteiger partial charge in [0.2, 0.25) is 0 Å². The van der Waals surface area contributed by atoms with Crippen LogP contribution in [0.3, 0.4) is 0 Å². The Morgan fingerprint density at radius 1 is 1.28 bits per heavy atom. The van der Waals surface area contributed by atoms with Crippen molar-refractivity contribution in [2.24, 2.45) is 16.3 Å². The number of fused-ring (bicyclic) bond motifs is 1. The molecule has 0 aromatic carbocycles. The average Bonchev–Trinajstić information content (AvgIpc) is 3.66. The molecule has 2 heterocycles. The summed E-state index contributed by atoms with van der Waals surface area (Å²) in [6.07, 6.45) is 12.1. The molecule has 4 aliphatic rings. The topological polar surface area (TPSA) is 84.8 Å². The quantitative estimate of drug-likeness (QED) is 0.379. The van der Waals surface area contributed by atoms with Gasteiger partial charge in [-0.1, -0.05) is 30.7 Å². The average molecular weight is 557 g/mol. The number of carbonyl (C=O) groups is 1. The number of allylic oxidation sites excluding steroid dienone is 4. The number of nitrogens with one attached hydrogen (secondary N) is 2. The predicted molar refractivity (Wildman–Crippen MR) is 153 cm³/mol. The Balaban J connectivity index is 1.32. The molecule has 1 saturated heterocycles. The van der Waals surface area contributed by atoms with Gasteiger partial charge in [0, 0.05) is 40.9 Å². The van der Waals surface area contributed by atoms with Crippen LogP contribution in [0.4, 0.5) is 15.0 Å². The molecule has 1 aromatic heterocycles. The van der Waals surface area contributed by atoms with Crippen LogP contribution in [0.1, 0.15) is 64.5 Å². The van der Waals surface area contributed by atoms with Crippen LogP contribution in [0.5, 0.6) is 0 Å². The Labute approximate surface area is 235 Å². The highest BCUT2D eigenvalue weighted by molar-refractivity contribution is 6.37. The van der Waals surface area contributed by atoms with Crippen molar-refractivity contribution in [3.63, 3.8) is 0 Å². The Bertz CT molecular complexity index is 1200. The minimum Gasteiger partial charge on any atom is -0.450 e. The summed E-state index contributed by atoms with van der Waals surface area (Å²) < 4.78 is 25.3. The van der Waals surface area contributed by atoms with Crippen LogP contribution < -0.4 is 10.6 Å². The maximum absolute atomic E-state index is 14.8. The standard InChI is InChI=1S/C30H38ClFN4O3/c1-3-39-29(37)35-22-9-7-21(8-10-22)34-27-15-23(24(31)6-4-5-19(27)2)26-12-11-25(32)28(36-26)33-18-30-13-14-38-17-20(30)16-30/h6,11-12,15-16,19,21-22H,3-5,7-10,13-14,17-18H2,1-2H3,(H,33,36)(H,35,37)/b23-15+,24-6?,34-27?. The second-order valence-corrected chi connectivity index (χ2v) is 11.4. The molecule has 9 heteroatoms. The smallest absolute Gasteiger partial charge is 0.407 e. The zero-order valence-corrected chi connectivity index (χ0v) is 23.5. The van der Waals surface area contributed by atoms with E-state index in [1.165, 1.54) is 11.6 Å². The molecule has 1 aliphatic heterocycles. The lowest BCUT2D eigenvalue weighted by Crippen LogP contribution is -2.38. The molecule has 210 valence electrons. The first-order valence-electron chi connectivity index (χ1n) is 14.2. The van der Waals surface area contributed by atoms with Gasteiger partial charge in [0.15, 0.2) is 11.6 Å². The number of aliphatic imine (C=N–C) groups is 1. The summed E-state index contributed by atoms with van der Waals surface area (Å²) in [7, 11) is 0. The molecule has 2 fully saturated rings. The zero-order valence-electron chi connectivity index (χ0n) is 22.8. The van der Waals surface area contributed by atoms with Crippen molar-refractivity contribution in [2.45, 2.75) is 70.9 Å². The number of amides is 1. The van der Waals surface area contributed by atoms with Gasteiger partial charge in [-0.25, -0.2) is 14.2 Å². The number of hydrogen-bond acceptors (Lipinski definition) is 6. The third-order valence-electron chi connectivity index (χ3n) is 8.25. The number of anilines is 1. The maximum atomic E-state index is 14.8. The van der Waals surface area contributed by atoms with Crippen LogP contribution in [0.15, 0.2) is 46.0 Å². The zero-order chi connectivity index (χ0) is 27.4. The van der Waals surface area contributed by atoms with Crippen molar-refractivity contribution in [3.05, 3.63) is 52.5 Å². The van der Waals surface area contributed by atoms with Crippen LogP contribution in [-0.4, -0.2) is 55.2 Å². The summed E-state index contributed by atoms with van der Waals surface area (Å²) in [6.45, 7) is 6.35.